The van der Waals surface area contributed by atoms with Gasteiger partial charge in [0.2, 0.25) is 0 Å². The summed E-state index contributed by atoms with van der Waals surface area (Å²) in [5.41, 5.74) is 3.21. The molecule has 4 nitrogen and oxygen atoms in total. The van der Waals surface area contributed by atoms with Gasteiger partial charge in [0.25, 0.3) is 0 Å². The van der Waals surface area contributed by atoms with Crippen molar-refractivity contribution in [2.24, 2.45) is 0 Å². The van der Waals surface area contributed by atoms with E-state index in [2.05, 4.69) is 10.3 Å². The number of benzene rings is 1. The number of pyridine rings is 1. The van der Waals surface area contributed by atoms with Gasteiger partial charge in [-0.05, 0) is 43.2 Å². The van der Waals surface area contributed by atoms with Crippen molar-refractivity contribution in [2.75, 3.05) is 11.9 Å². The summed E-state index contributed by atoms with van der Waals surface area (Å²) >= 11 is 0. The van der Waals surface area contributed by atoms with Gasteiger partial charge in [0.15, 0.2) is 11.5 Å². The Hall–Kier alpha value is -2.23. The maximum Gasteiger partial charge on any atom is 0.161 e. The Balaban J connectivity index is 2.07. The number of rotatable bonds is 5. The van der Waals surface area contributed by atoms with Crippen molar-refractivity contribution < 1.29 is 9.84 Å². The van der Waals surface area contributed by atoms with Gasteiger partial charge in [0, 0.05) is 12.7 Å². The number of aryl methyl sites for hydroxylation is 1. The second-order valence-corrected chi connectivity index (χ2v) is 4.28. The van der Waals surface area contributed by atoms with Gasteiger partial charge in [-0.3, -0.25) is 4.98 Å². The quantitative estimate of drug-likeness (QED) is 0.865. The molecule has 100 valence electrons. The van der Waals surface area contributed by atoms with Gasteiger partial charge in [0.05, 0.1) is 18.5 Å². The number of phenolic OH excluding ortho intramolecular Hbond substituents is 1. The first-order valence-electron chi connectivity index (χ1n) is 6.30. The second-order valence-electron chi connectivity index (χ2n) is 4.28. The molecule has 0 amide bonds. The van der Waals surface area contributed by atoms with Gasteiger partial charge in [0.1, 0.15) is 0 Å². The minimum Gasteiger partial charge on any atom is -0.504 e. The second kappa shape index (κ2) is 6.09. The maximum atomic E-state index is 9.64. The van der Waals surface area contributed by atoms with E-state index in [1.165, 1.54) is 0 Å². The van der Waals surface area contributed by atoms with E-state index in [0.29, 0.717) is 18.9 Å². The zero-order valence-corrected chi connectivity index (χ0v) is 11.2. The Morgan fingerprint density at radius 2 is 2.16 bits per heavy atom. The van der Waals surface area contributed by atoms with E-state index in [-0.39, 0.29) is 5.75 Å². The van der Waals surface area contributed by atoms with E-state index in [1.807, 2.05) is 32.0 Å². The molecule has 1 aromatic carbocycles. The van der Waals surface area contributed by atoms with Crippen molar-refractivity contribution in [3.8, 4) is 11.5 Å². The molecular formula is C15H18N2O2. The van der Waals surface area contributed by atoms with Crippen LogP contribution < -0.4 is 10.1 Å². The molecular weight excluding hydrogens is 240 g/mol. The fraction of sp³-hybridized carbons (Fsp3) is 0.267. The van der Waals surface area contributed by atoms with Crippen LogP contribution in [0, 0.1) is 6.92 Å². The third kappa shape index (κ3) is 3.37. The molecule has 2 N–H and O–H groups in total. The third-order valence-electron chi connectivity index (χ3n) is 2.85. The molecule has 19 heavy (non-hydrogen) atoms. The molecule has 0 atom stereocenters. The van der Waals surface area contributed by atoms with Crippen LogP contribution >= 0.6 is 0 Å². The summed E-state index contributed by atoms with van der Waals surface area (Å²) in [6.45, 7) is 5.12. The van der Waals surface area contributed by atoms with Crippen LogP contribution in [0.4, 0.5) is 5.69 Å². The summed E-state index contributed by atoms with van der Waals surface area (Å²) < 4.78 is 5.36. The molecule has 2 rings (SSSR count). The lowest BCUT2D eigenvalue weighted by atomic mass is 10.2. The van der Waals surface area contributed by atoms with E-state index in [4.69, 9.17) is 4.74 Å². The highest BCUT2D eigenvalue weighted by molar-refractivity contribution is 5.49. The third-order valence-corrected chi connectivity index (χ3v) is 2.85. The highest BCUT2D eigenvalue weighted by Crippen LogP contribution is 2.27. The van der Waals surface area contributed by atoms with Gasteiger partial charge in [-0.25, -0.2) is 0 Å². The summed E-state index contributed by atoms with van der Waals surface area (Å²) in [5, 5.41) is 13.0. The van der Waals surface area contributed by atoms with E-state index in [9.17, 15) is 5.11 Å². The molecule has 0 aliphatic rings. The van der Waals surface area contributed by atoms with E-state index in [0.717, 1.165) is 16.8 Å². The van der Waals surface area contributed by atoms with Crippen molar-refractivity contribution in [2.45, 2.75) is 20.4 Å². The monoisotopic (exact) mass is 258 g/mol. The van der Waals surface area contributed by atoms with Gasteiger partial charge >= 0.3 is 0 Å². The SMILES string of the molecule is CCOc1cc(CNc2cnccc2C)ccc1O. The summed E-state index contributed by atoms with van der Waals surface area (Å²) in [7, 11) is 0. The average molecular weight is 258 g/mol. The van der Waals surface area contributed by atoms with E-state index < -0.39 is 0 Å². The Bertz CT molecular complexity index is 556. The van der Waals surface area contributed by atoms with Gasteiger partial charge < -0.3 is 15.2 Å². The molecule has 0 radical (unpaired) electrons. The van der Waals surface area contributed by atoms with Crippen LogP contribution in [-0.4, -0.2) is 16.7 Å². The number of phenols is 1. The molecule has 0 aliphatic carbocycles. The zero-order valence-electron chi connectivity index (χ0n) is 11.2. The number of anilines is 1. The smallest absolute Gasteiger partial charge is 0.161 e. The molecule has 0 aliphatic heterocycles. The number of nitrogens with zero attached hydrogens (tertiary/aromatic N) is 1. The van der Waals surface area contributed by atoms with Crippen LogP contribution in [-0.2, 0) is 6.54 Å². The van der Waals surface area contributed by atoms with Crippen LogP contribution in [0.25, 0.3) is 0 Å². The minimum atomic E-state index is 0.170. The zero-order chi connectivity index (χ0) is 13.7. The minimum absolute atomic E-state index is 0.170. The Labute approximate surface area is 113 Å². The van der Waals surface area contributed by atoms with Crippen LogP contribution in [0.1, 0.15) is 18.1 Å². The molecule has 0 bridgehead atoms. The first kappa shape index (κ1) is 13.2. The van der Waals surface area contributed by atoms with Crippen molar-refractivity contribution >= 4 is 5.69 Å². The summed E-state index contributed by atoms with van der Waals surface area (Å²) in [5.74, 6) is 0.688. The van der Waals surface area contributed by atoms with Crippen LogP contribution in [0.3, 0.4) is 0 Å². The lowest BCUT2D eigenvalue weighted by Gasteiger charge is -2.11. The number of aromatic nitrogens is 1. The number of aromatic hydroxyl groups is 1. The number of nitrogens with one attached hydrogen (secondary N) is 1. The lowest BCUT2D eigenvalue weighted by molar-refractivity contribution is 0.318. The Morgan fingerprint density at radius 3 is 2.89 bits per heavy atom. The largest absolute Gasteiger partial charge is 0.504 e. The van der Waals surface area contributed by atoms with Gasteiger partial charge in [-0.2, -0.15) is 0 Å². The molecule has 4 heteroatoms. The topological polar surface area (TPSA) is 54.4 Å². The molecule has 1 heterocycles. The van der Waals surface area contributed by atoms with E-state index in [1.54, 1.807) is 18.5 Å². The predicted molar refractivity (Wildman–Crippen MR) is 75.6 cm³/mol. The average Bonchev–Trinajstić information content (AvgIpc) is 2.41. The Kier molecular flexibility index (Phi) is 4.23. The van der Waals surface area contributed by atoms with E-state index >= 15 is 0 Å². The first-order chi connectivity index (χ1) is 9.20. The lowest BCUT2D eigenvalue weighted by Crippen LogP contribution is -2.02. The summed E-state index contributed by atoms with van der Waals surface area (Å²) in [6, 6.07) is 7.33. The van der Waals surface area contributed by atoms with Crippen molar-refractivity contribution in [3.05, 3.63) is 47.8 Å². The highest BCUT2D eigenvalue weighted by Gasteiger charge is 2.04. The Morgan fingerprint density at radius 1 is 1.32 bits per heavy atom. The van der Waals surface area contributed by atoms with Crippen LogP contribution in [0.15, 0.2) is 36.7 Å². The number of hydrogen-bond donors (Lipinski definition) is 2. The maximum absolute atomic E-state index is 9.64. The predicted octanol–water partition coefficient (Wildman–Crippen LogP) is 3.11. The molecule has 0 unspecified atom stereocenters. The van der Waals surface area contributed by atoms with Crippen molar-refractivity contribution in [3.63, 3.8) is 0 Å². The fourth-order valence-corrected chi connectivity index (χ4v) is 1.79. The van der Waals surface area contributed by atoms with Crippen LogP contribution in [0.2, 0.25) is 0 Å². The highest BCUT2D eigenvalue weighted by atomic mass is 16.5. The molecule has 0 saturated heterocycles. The summed E-state index contributed by atoms with van der Waals surface area (Å²) in [6.07, 6.45) is 3.58. The number of ether oxygens (including phenoxy) is 1. The first-order valence-corrected chi connectivity index (χ1v) is 6.30. The van der Waals surface area contributed by atoms with Gasteiger partial charge in [-0.15, -0.1) is 0 Å². The molecule has 2 aromatic rings. The normalized spacial score (nSPS) is 10.2. The van der Waals surface area contributed by atoms with Crippen LogP contribution in [0.5, 0.6) is 11.5 Å². The fourth-order valence-electron chi connectivity index (χ4n) is 1.79. The molecule has 0 saturated carbocycles. The van der Waals surface area contributed by atoms with Crippen molar-refractivity contribution in [1.82, 2.24) is 4.98 Å². The molecule has 0 fully saturated rings. The molecule has 1 aromatic heterocycles. The number of hydrogen-bond acceptors (Lipinski definition) is 4. The standard InChI is InChI=1S/C15H18N2O2/c1-3-19-15-8-12(4-5-14(15)18)9-17-13-10-16-7-6-11(13)2/h4-8,10,17-18H,3,9H2,1-2H3. The summed E-state index contributed by atoms with van der Waals surface area (Å²) in [4.78, 5) is 4.09. The van der Waals surface area contributed by atoms with Crippen molar-refractivity contribution in [1.29, 1.82) is 0 Å². The molecule has 0 spiro atoms. The van der Waals surface area contributed by atoms with Gasteiger partial charge in [-0.1, -0.05) is 6.07 Å².